The summed E-state index contributed by atoms with van der Waals surface area (Å²) in [5.41, 5.74) is 0. The molecule has 0 aliphatic carbocycles. The molecular formula is C9H20N2O2. The van der Waals surface area contributed by atoms with Crippen LogP contribution in [0.1, 0.15) is 6.92 Å². The Labute approximate surface area is 79.9 Å². The predicted octanol–water partition coefficient (Wildman–Crippen LogP) is -0.713. The van der Waals surface area contributed by atoms with Gasteiger partial charge >= 0.3 is 0 Å². The Morgan fingerprint density at radius 3 is 3.15 bits per heavy atom. The van der Waals surface area contributed by atoms with Crippen molar-refractivity contribution in [3.05, 3.63) is 0 Å². The molecule has 0 aromatic carbocycles. The van der Waals surface area contributed by atoms with Gasteiger partial charge in [0.2, 0.25) is 0 Å². The number of nitrogens with one attached hydrogen (secondary N) is 1. The van der Waals surface area contributed by atoms with Crippen molar-refractivity contribution in [3.8, 4) is 0 Å². The number of ether oxygens (including phenoxy) is 1. The first-order valence-corrected chi connectivity index (χ1v) is 4.85. The summed E-state index contributed by atoms with van der Waals surface area (Å²) < 4.78 is 5.09. The predicted molar refractivity (Wildman–Crippen MR) is 51.8 cm³/mol. The van der Waals surface area contributed by atoms with Crippen molar-refractivity contribution in [3.63, 3.8) is 0 Å². The molecule has 0 radical (unpaired) electrons. The number of aliphatic hydroxyl groups excluding tert-OH is 1. The average Bonchev–Trinajstić information content (AvgIpc) is 2.30. The van der Waals surface area contributed by atoms with Gasteiger partial charge in [0.25, 0.3) is 0 Å². The summed E-state index contributed by atoms with van der Waals surface area (Å²) in [5.74, 6) is 0. The first kappa shape index (κ1) is 10.9. The van der Waals surface area contributed by atoms with Gasteiger partial charge in [0, 0.05) is 39.3 Å². The van der Waals surface area contributed by atoms with Gasteiger partial charge in [-0.2, -0.15) is 0 Å². The fraction of sp³-hybridized carbons (Fsp3) is 1.00. The van der Waals surface area contributed by atoms with Crippen molar-refractivity contribution in [1.82, 2.24) is 10.2 Å². The second-order valence-corrected chi connectivity index (χ2v) is 3.66. The summed E-state index contributed by atoms with van der Waals surface area (Å²) in [5, 5.41) is 12.7. The highest BCUT2D eigenvalue weighted by atomic mass is 16.5. The van der Waals surface area contributed by atoms with E-state index in [9.17, 15) is 5.11 Å². The van der Waals surface area contributed by atoms with Gasteiger partial charge in [0.05, 0.1) is 12.7 Å². The minimum atomic E-state index is -0.248. The molecule has 1 aliphatic heterocycles. The molecule has 1 fully saturated rings. The van der Waals surface area contributed by atoms with Crippen LogP contribution in [0.4, 0.5) is 0 Å². The van der Waals surface area contributed by atoms with E-state index in [1.165, 1.54) is 0 Å². The lowest BCUT2D eigenvalue weighted by atomic mass is 10.2. The largest absolute Gasteiger partial charge is 0.390 e. The lowest BCUT2D eigenvalue weighted by Crippen LogP contribution is -2.41. The molecule has 13 heavy (non-hydrogen) atoms. The molecule has 0 saturated carbocycles. The number of rotatable bonds is 3. The van der Waals surface area contributed by atoms with Crippen LogP contribution in [0.2, 0.25) is 0 Å². The van der Waals surface area contributed by atoms with E-state index in [1.54, 1.807) is 7.11 Å². The standard InChI is InChI=1S/C9H20N2O2/c1-8(7-13-2)11-4-3-10-5-9(12)6-11/h8-10,12H,3-7H2,1-2H3. The first-order chi connectivity index (χ1) is 6.24. The van der Waals surface area contributed by atoms with Gasteiger partial charge in [-0.05, 0) is 6.92 Å². The Morgan fingerprint density at radius 2 is 2.46 bits per heavy atom. The van der Waals surface area contributed by atoms with Gasteiger partial charge in [-0.3, -0.25) is 4.90 Å². The molecule has 0 amide bonds. The Balaban J connectivity index is 2.37. The zero-order chi connectivity index (χ0) is 9.68. The minimum Gasteiger partial charge on any atom is -0.390 e. The first-order valence-electron chi connectivity index (χ1n) is 4.85. The van der Waals surface area contributed by atoms with E-state index in [0.717, 1.165) is 26.2 Å². The van der Waals surface area contributed by atoms with E-state index in [1.807, 2.05) is 0 Å². The van der Waals surface area contributed by atoms with Crippen LogP contribution in [0.25, 0.3) is 0 Å². The number of aliphatic hydroxyl groups is 1. The maximum Gasteiger partial charge on any atom is 0.0791 e. The molecule has 2 unspecified atom stereocenters. The van der Waals surface area contributed by atoms with Crippen LogP contribution in [-0.2, 0) is 4.74 Å². The van der Waals surface area contributed by atoms with E-state index in [4.69, 9.17) is 4.74 Å². The molecule has 1 aliphatic rings. The highest BCUT2D eigenvalue weighted by Gasteiger charge is 2.19. The fourth-order valence-corrected chi connectivity index (χ4v) is 1.66. The number of hydrogen-bond donors (Lipinski definition) is 2. The molecule has 1 heterocycles. The molecule has 1 rings (SSSR count). The Bertz CT molecular complexity index is 144. The second kappa shape index (κ2) is 5.54. The maximum absolute atomic E-state index is 9.53. The molecule has 0 aromatic heterocycles. The number of methoxy groups -OCH3 is 1. The summed E-state index contributed by atoms with van der Waals surface area (Å²) in [6.07, 6.45) is -0.248. The van der Waals surface area contributed by atoms with Gasteiger partial charge in [-0.15, -0.1) is 0 Å². The fourth-order valence-electron chi connectivity index (χ4n) is 1.66. The smallest absolute Gasteiger partial charge is 0.0791 e. The molecular weight excluding hydrogens is 168 g/mol. The average molecular weight is 188 g/mol. The van der Waals surface area contributed by atoms with Crippen molar-refractivity contribution in [2.45, 2.75) is 19.1 Å². The quantitative estimate of drug-likeness (QED) is 0.614. The van der Waals surface area contributed by atoms with E-state index in [0.29, 0.717) is 12.6 Å². The molecule has 4 heteroatoms. The third-order valence-corrected chi connectivity index (χ3v) is 2.43. The Morgan fingerprint density at radius 1 is 1.69 bits per heavy atom. The number of nitrogens with zero attached hydrogens (tertiary/aromatic N) is 1. The SMILES string of the molecule is COCC(C)N1CCNCC(O)C1. The van der Waals surface area contributed by atoms with Crippen LogP contribution < -0.4 is 5.32 Å². The molecule has 0 bridgehead atoms. The lowest BCUT2D eigenvalue weighted by Gasteiger charge is -2.27. The van der Waals surface area contributed by atoms with Crippen molar-refractivity contribution in [2.75, 3.05) is 39.9 Å². The van der Waals surface area contributed by atoms with E-state index in [-0.39, 0.29) is 6.10 Å². The van der Waals surface area contributed by atoms with Crippen LogP contribution in [0.5, 0.6) is 0 Å². The van der Waals surface area contributed by atoms with Crippen molar-refractivity contribution < 1.29 is 9.84 Å². The van der Waals surface area contributed by atoms with Crippen molar-refractivity contribution in [1.29, 1.82) is 0 Å². The highest BCUT2D eigenvalue weighted by Crippen LogP contribution is 2.03. The molecule has 78 valence electrons. The molecule has 4 nitrogen and oxygen atoms in total. The van der Waals surface area contributed by atoms with Crippen LogP contribution in [0, 0.1) is 0 Å². The monoisotopic (exact) mass is 188 g/mol. The van der Waals surface area contributed by atoms with Crippen LogP contribution in [0.15, 0.2) is 0 Å². The molecule has 1 saturated heterocycles. The summed E-state index contributed by atoms with van der Waals surface area (Å²) in [6.45, 7) is 6.24. The van der Waals surface area contributed by atoms with E-state index >= 15 is 0 Å². The third-order valence-electron chi connectivity index (χ3n) is 2.43. The van der Waals surface area contributed by atoms with E-state index < -0.39 is 0 Å². The summed E-state index contributed by atoms with van der Waals surface area (Å²) in [6, 6.07) is 0.388. The Hall–Kier alpha value is -0.160. The van der Waals surface area contributed by atoms with E-state index in [2.05, 4.69) is 17.1 Å². The van der Waals surface area contributed by atoms with Crippen LogP contribution in [0.3, 0.4) is 0 Å². The minimum absolute atomic E-state index is 0.248. The van der Waals surface area contributed by atoms with Gasteiger partial charge in [-0.25, -0.2) is 0 Å². The van der Waals surface area contributed by atoms with Crippen LogP contribution in [-0.4, -0.2) is 62.0 Å². The summed E-state index contributed by atoms with van der Waals surface area (Å²) >= 11 is 0. The topological polar surface area (TPSA) is 44.7 Å². The lowest BCUT2D eigenvalue weighted by molar-refractivity contribution is 0.0686. The molecule has 2 N–H and O–H groups in total. The molecule has 2 atom stereocenters. The number of hydrogen-bond acceptors (Lipinski definition) is 4. The molecule has 0 aromatic rings. The molecule has 0 spiro atoms. The maximum atomic E-state index is 9.53. The normalized spacial score (nSPS) is 28.4. The van der Waals surface area contributed by atoms with Crippen molar-refractivity contribution >= 4 is 0 Å². The summed E-state index contributed by atoms with van der Waals surface area (Å²) in [4.78, 5) is 2.26. The van der Waals surface area contributed by atoms with Gasteiger partial charge in [0.15, 0.2) is 0 Å². The van der Waals surface area contributed by atoms with Gasteiger partial charge in [-0.1, -0.05) is 0 Å². The third kappa shape index (κ3) is 3.60. The summed E-state index contributed by atoms with van der Waals surface area (Å²) in [7, 11) is 1.71. The van der Waals surface area contributed by atoms with Crippen LogP contribution >= 0.6 is 0 Å². The van der Waals surface area contributed by atoms with Gasteiger partial charge in [0.1, 0.15) is 0 Å². The zero-order valence-electron chi connectivity index (χ0n) is 8.49. The Kier molecular flexibility index (Phi) is 4.66. The second-order valence-electron chi connectivity index (χ2n) is 3.66. The van der Waals surface area contributed by atoms with Crippen molar-refractivity contribution in [2.24, 2.45) is 0 Å². The zero-order valence-corrected chi connectivity index (χ0v) is 8.49. The number of β-amino-alcohol motifs (C(OH)–C–C–N with tert-alkyl or cyclic N) is 1. The highest BCUT2D eigenvalue weighted by molar-refractivity contribution is 4.76. The van der Waals surface area contributed by atoms with Gasteiger partial charge < -0.3 is 15.2 Å².